The molecular formula is C86H100B3Br6N21O9Si2. The summed E-state index contributed by atoms with van der Waals surface area (Å²) in [6.45, 7) is 37.3. The number of ether oxygens (including phenoxy) is 1. The van der Waals surface area contributed by atoms with Crippen LogP contribution in [0.25, 0.3) is 56.8 Å². The van der Waals surface area contributed by atoms with Crippen LogP contribution in [-0.2, 0) is 60.2 Å². The number of terminal acetylenes is 2. The van der Waals surface area contributed by atoms with Crippen LogP contribution in [0.5, 0.6) is 0 Å². The topological polar surface area (TPSA) is 342 Å². The lowest BCUT2D eigenvalue weighted by Gasteiger charge is -2.32. The van der Waals surface area contributed by atoms with Gasteiger partial charge in [-0.15, -0.1) is 34.1 Å². The third-order valence-corrected chi connectivity index (χ3v) is 24.8. The Morgan fingerprint density at radius 1 is 0.488 bits per heavy atom. The van der Waals surface area contributed by atoms with Gasteiger partial charge in [-0.25, -0.2) is 19.7 Å². The lowest BCUT2D eigenvalue weighted by molar-refractivity contribution is 0.00578. The summed E-state index contributed by atoms with van der Waals surface area (Å²) in [5, 5.41) is 47.9. The van der Waals surface area contributed by atoms with Gasteiger partial charge in [-0.3, -0.25) is 24.8 Å². The molecule has 2 N–H and O–H groups in total. The van der Waals surface area contributed by atoms with Crippen molar-refractivity contribution in [2.75, 3.05) is 11.5 Å². The number of benzene rings is 1. The van der Waals surface area contributed by atoms with Crippen LogP contribution < -0.4 is 10.4 Å². The molecule has 0 unspecified atom stereocenters. The number of fused-ring (bicyclic) bond motifs is 3. The zero-order valence-corrected chi connectivity index (χ0v) is 86.0. The summed E-state index contributed by atoms with van der Waals surface area (Å²) in [4.78, 5) is 47.4. The van der Waals surface area contributed by atoms with Gasteiger partial charge in [0.2, 0.25) is 5.82 Å². The number of hydrogen-bond donors (Lipinski definition) is 2. The van der Waals surface area contributed by atoms with E-state index in [4.69, 9.17) is 45.5 Å². The highest BCUT2D eigenvalue weighted by Gasteiger charge is 2.64. The first-order valence-electron chi connectivity index (χ1n) is 39.8. The van der Waals surface area contributed by atoms with E-state index in [1.807, 2.05) is 174 Å². The summed E-state index contributed by atoms with van der Waals surface area (Å²) in [6, 6.07) is 32.4. The minimum absolute atomic E-state index is 0.143. The molecule has 30 nitrogen and oxygen atoms in total. The maximum absolute atomic E-state index is 12.1. The van der Waals surface area contributed by atoms with E-state index in [9.17, 15) is 9.90 Å². The highest BCUT2D eigenvalue weighted by Crippen LogP contribution is 2.44. The molecule has 0 spiro atoms. The highest BCUT2D eigenvalue weighted by molar-refractivity contribution is 9.11. The Hall–Kier alpha value is -9.06. The lowest BCUT2D eigenvalue weighted by Crippen LogP contribution is -2.41. The van der Waals surface area contributed by atoms with Crippen molar-refractivity contribution < 1.29 is 42.6 Å². The van der Waals surface area contributed by atoms with Crippen molar-refractivity contribution in [1.82, 2.24) is 100 Å². The van der Waals surface area contributed by atoms with Crippen molar-refractivity contribution in [3.8, 4) is 92.6 Å². The SMILES string of the molecule is Brc1ccc(-c2cn[nH]n2)nc1.Brc1ccc(Br)nc1.C#C[Si](C)(C)C.C#Cc1ccc(Br)cn1.CC1(C)OB(B2OC(C)(C)C(C)(C)O2)OC1(C)C.C[Si](C)(C)C#Cc1ccc(Br)cn1.Cn1ncc(-c2ccc(B3OC(C)(C)C(C)(C)O3)cn2)n1.Cn1ncc(-c2ccc(Br)cn2)n1.Cn1nnc(-c2ccc(-c3ccc4c(c3)C[C@H]3[C@H](CO)OC(=O)N43)cn2)n1. The number of nitrogens with one attached hydrogen (secondary N) is 1. The number of cyclic esters (lactones) is 1. The highest BCUT2D eigenvalue weighted by atomic mass is 79.9. The molecule has 662 valence electrons. The van der Waals surface area contributed by atoms with Crippen LogP contribution in [0.4, 0.5) is 10.5 Å². The number of pyridine rings is 7. The van der Waals surface area contributed by atoms with E-state index in [1.54, 1.807) is 94.1 Å². The molecular weight excluding hydrogens is 2040 g/mol. The molecule has 41 heteroatoms. The van der Waals surface area contributed by atoms with Crippen LogP contribution in [0.2, 0.25) is 39.3 Å². The van der Waals surface area contributed by atoms with Gasteiger partial charge in [0.1, 0.15) is 61.0 Å². The average molecular weight is 2140 g/mol. The second-order valence-corrected chi connectivity index (χ2v) is 48.9. The van der Waals surface area contributed by atoms with Crippen LogP contribution in [0.1, 0.15) is 100 Å². The first kappa shape index (κ1) is 102. The first-order chi connectivity index (χ1) is 59.6. The molecule has 0 saturated carbocycles. The molecule has 11 aromatic heterocycles. The Labute approximate surface area is 795 Å². The van der Waals surface area contributed by atoms with Gasteiger partial charge >= 0.3 is 27.2 Å². The number of H-pyrrole nitrogens is 1. The van der Waals surface area contributed by atoms with Crippen LogP contribution in [0.15, 0.2) is 192 Å². The molecule has 16 heterocycles. The number of rotatable bonds is 8. The Balaban J connectivity index is 0.000000167. The number of aliphatic hydroxyl groups excluding tert-OH is 1. The minimum atomic E-state index is -1.27. The zero-order valence-electron chi connectivity index (χ0n) is 74.5. The predicted octanol–water partition coefficient (Wildman–Crippen LogP) is 16.9. The monoisotopic (exact) mass is 2130 g/mol. The van der Waals surface area contributed by atoms with Crippen molar-refractivity contribution in [2.24, 2.45) is 21.1 Å². The van der Waals surface area contributed by atoms with E-state index in [-0.39, 0.29) is 46.3 Å². The normalized spacial score (nSPS) is 16.9. The second kappa shape index (κ2) is 44.0. The minimum Gasteiger partial charge on any atom is -0.441 e. The smallest absolute Gasteiger partial charge is 0.441 e. The first-order valence-corrected chi connectivity index (χ1v) is 51.6. The molecule has 0 radical (unpaired) electrons. The summed E-state index contributed by atoms with van der Waals surface area (Å²) in [5.74, 6) is 5.99. The standard InChI is InChI=1S/C18H16N6O3.C14H19BN4O2.C12H24B2O4.C10H12BrNSi.C8H7BrN4.C7H5BrN4.C7H4BrN.C5H3Br2N.C5H10Si/c1-23-21-17(20-22-23)13-4-2-11(8-19-13)10-3-5-14-12(6-10)7-15-16(9-25)27-18(26)24(14)15;1-13(2)14(3,4)21-15(20-13)10-6-7-11(16-8-10)12-9-17-19(5)18-12;1-9(2)10(3,4)16-13(15-9)14-17-11(5,6)12(7,8)18-14;1-13(2,3)7-6-10-5-4-9(11)8-12-10;1-13-11-5-8(12-13)7-3-2-6(9)4-10-7;8-5-1-2-6(9-3-5)7-4-10-12-11-7;1-2-7-4-3-6(8)5-9-7;6-4-1-2-5(7)8-3-4;1-5-6(2,3)4/h2-6,8,15-16,25H,7,9H2,1H3;6-9H,1-5H3;1-8H3;4-5,8H,1-3H3;2-5H,1H3;1-4H,(H,10,11,12);1,3-5H;1-3H;1H,2-4H3/t15-,16-;;;;;;;;/m0......../s1. The zero-order chi connectivity index (χ0) is 93.2. The fourth-order valence-electron chi connectivity index (χ4n) is 11.2. The van der Waals surface area contributed by atoms with Gasteiger partial charge in [0.15, 0.2) is 0 Å². The second-order valence-electron chi connectivity index (χ2n) is 34.0. The molecule has 0 aliphatic carbocycles. The van der Waals surface area contributed by atoms with Gasteiger partial charge < -0.3 is 37.8 Å². The number of carbonyl (C=O) groups excluding carboxylic acids is 1. The molecule has 12 aromatic rings. The Kier molecular flexibility index (Phi) is 35.3. The fourth-order valence-corrected chi connectivity index (χ4v) is 13.1. The maximum atomic E-state index is 12.1. The van der Waals surface area contributed by atoms with Crippen LogP contribution in [-0.4, -0.2) is 201 Å². The maximum Gasteiger partial charge on any atom is 0.496 e. The number of halogens is 6. The van der Waals surface area contributed by atoms with Crippen molar-refractivity contribution in [3.05, 3.63) is 209 Å². The summed E-state index contributed by atoms with van der Waals surface area (Å²) in [7, 11) is 1.55. The van der Waals surface area contributed by atoms with E-state index >= 15 is 0 Å². The quantitative estimate of drug-likeness (QED) is 0.0810. The molecule has 1 amide bonds. The molecule has 5 aliphatic heterocycles. The van der Waals surface area contributed by atoms with Crippen molar-refractivity contribution in [2.45, 2.75) is 175 Å². The van der Waals surface area contributed by atoms with Crippen molar-refractivity contribution in [3.63, 3.8) is 0 Å². The summed E-state index contributed by atoms with van der Waals surface area (Å²) in [5.41, 5.74) is 15.5. The molecule has 4 fully saturated rings. The predicted molar refractivity (Wildman–Crippen MR) is 520 cm³/mol. The van der Waals surface area contributed by atoms with Crippen LogP contribution in [0.3, 0.4) is 0 Å². The number of aromatic amines is 1. The van der Waals surface area contributed by atoms with Gasteiger partial charge in [-0.05, 0) is 286 Å². The molecule has 17 rings (SSSR count). The lowest BCUT2D eigenvalue weighted by atomic mass is 9.49. The number of tetrazole rings is 1. The Bertz CT molecular complexity index is 5650. The molecule has 0 bridgehead atoms. The van der Waals surface area contributed by atoms with Gasteiger partial charge in [0.25, 0.3) is 0 Å². The third-order valence-electron chi connectivity index (χ3n) is 20.2. The number of aromatic nitrogens is 20. The summed E-state index contributed by atoms with van der Waals surface area (Å²) >= 11 is 19.7. The van der Waals surface area contributed by atoms with E-state index in [1.165, 1.54) is 14.4 Å². The molecule has 4 saturated heterocycles. The average Bonchev–Trinajstić information content (AvgIpc) is 1.60. The number of amides is 1. The molecule has 127 heavy (non-hydrogen) atoms. The Morgan fingerprint density at radius 3 is 1.31 bits per heavy atom. The largest absolute Gasteiger partial charge is 0.496 e. The van der Waals surface area contributed by atoms with E-state index in [0.29, 0.717) is 23.6 Å². The molecule has 2 atom stereocenters. The van der Waals surface area contributed by atoms with E-state index in [0.717, 1.165) is 94.7 Å². The number of carbonyl (C=O) groups is 1. The van der Waals surface area contributed by atoms with Gasteiger partial charge in [0, 0.05) is 90.9 Å². The number of nitrogens with zero attached hydrogens (tertiary/aromatic N) is 20. The van der Waals surface area contributed by atoms with Gasteiger partial charge in [0.05, 0.1) is 94.7 Å². The number of aliphatic hydroxyl groups is 1. The number of aryl methyl sites for hydroxylation is 3. The van der Waals surface area contributed by atoms with Crippen molar-refractivity contribution in [1.29, 1.82) is 0 Å². The molecule has 1 aromatic carbocycles. The van der Waals surface area contributed by atoms with Gasteiger partial charge in [-0.1, -0.05) is 69.3 Å². The van der Waals surface area contributed by atoms with Gasteiger partial charge in [-0.2, -0.15) is 50.2 Å². The summed E-state index contributed by atoms with van der Waals surface area (Å²) < 4.78 is 46.8. The number of anilines is 1. The Morgan fingerprint density at radius 2 is 0.937 bits per heavy atom. The van der Waals surface area contributed by atoms with Crippen LogP contribution >= 0.6 is 95.6 Å². The fraction of sp³-hybridized carbons (Fsp3) is 0.360. The molecule has 5 aliphatic rings. The van der Waals surface area contributed by atoms with Crippen molar-refractivity contribution >= 4 is 150 Å². The number of hydrogen-bond acceptors (Lipinski definition) is 25. The third kappa shape index (κ3) is 29.2. The summed E-state index contributed by atoms with van der Waals surface area (Å²) in [6.07, 6.45) is 27.2. The van der Waals surface area contributed by atoms with E-state index in [2.05, 4.69) is 250 Å². The van der Waals surface area contributed by atoms with Crippen LogP contribution in [0, 0.1) is 35.8 Å². The van der Waals surface area contributed by atoms with E-state index < -0.39 is 49.5 Å².